The van der Waals surface area contributed by atoms with Crippen molar-refractivity contribution in [2.45, 2.75) is 4.90 Å². The smallest absolute Gasteiger partial charge is 0.283 e. The van der Waals surface area contributed by atoms with Gasteiger partial charge in [-0.25, -0.2) is 8.42 Å². The van der Waals surface area contributed by atoms with Gasteiger partial charge >= 0.3 is 0 Å². The number of nitro benzene ring substituents is 1. The Labute approximate surface area is 114 Å². The van der Waals surface area contributed by atoms with E-state index >= 15 is 0 Å². The molecule has 10 heteroatoms. The lowest BCUT2D eigenvalue weighted by atomic mass is 10.2. The summed E-state index contributed by atoms with van der Waals surface area (Å²) >= 11 is 0. The summed E-state index contributed by atoms with van der Waals surface area (Å²) < 4.78 is 25.2. The minimum absolute atomic E-state index is 0.219. The lowest BCUT2D eigenvalue weighted by Gasteiger charge is -2.17. The number of nitrogens with zero attached hydrogens (tertiary/aromatic N) is 2. The summed E-state index contributed by atoms with van der Waals surface area (Å²) in [7, 11) is -2.99. The number of amides is 1. The van der Waals surface area contributed by atoms with E-state index in [1.165, 1.54) is 7.05 Å². The van der Waals surface area contributed by atoms with Crippen LogP contribution in [0.3, 0.4) is 0 Å². The summed E-state index contributed by atoms with van der Waals surface area (Å²) in [5, 5.41) is 19.6. The Bertz CT molecular complexity index is 642. The second kappa shape index (κ2) is 5.94. The lowest BCUT2D eigenvalue weighted by Crippen LogP contribution is -2.31. The summed E-state index contributed by atoms with van der Waals surface area (Å²) in [6.07, 6.45) is 0. The zero-order valence-corrected chi connectivity index (χ0v) is 11.3. The maximum absolute atomic E-state index is 12.2. The quantitative estimate of drug-likeness (QED) is 0.525. The predicted octanol–water partition coefficient (Wildman–Crippen LogP) is -0.694. The van der Waals surface area contributed by atoms with Gasteiger partial charge in [0, 0.05) is 19.7 Å². The third-order valence-electron chi connectivity index (χ3n) is 2.55. The van der Waals surface area contributed by atoms with Gasteiger partial charge in [0.1, 0.15) is 10.5 Å². The van der Waals surface area contributed by atoms with Crippen LogP contribution in [0.5, 0.6) is 0 Å². The van der Waals surface area contributed by atoms with E-state index in [0.29, 0.717) is 0 Å². The van der Waals surface area contributed by atoms with Gasteiger partial charge in [0.25, 0.3) is 11.6 Å². The number of benzene rings is 1. The first-order valence-corrected chi connectivity index (χ1v) is 6.82. The van der Waals surface area contributed by atoms with E-state index in [2.05, 4.69) is 0 Å². The van der Waals surface area contributed by atoms with Crippen LogP contribution in [0, 0.1) is 10.1 Å². The summed E-state index contributed by atoms with van der Waals surface area (Å²) in [6, 6.07) is 3.19. The minimum atomic E-state index is -4.16. The first-order valence-electron chi connectivity index (χ1n) is 5.38. The van der Waals surface area contributed by atoms with Crippen molar-refractivity contribution in [1.82, 2.24) is 4.31 Å². The molecule has 110 valence electrons. The predicted molar refractivity (Wildman–Crippen MR) is 68.5 cm³/mol. The minimum Gasteiger partial charge on any atom is -0.395 e. The van der Waals surface area contributed by atoms with Crippen molar-refractivity contribution in [3.8, 4) is 0 Å². The highest BCUT2D eigenvalue weighted by molar-refractivity contribution is 7.89. The average molecular weight is 303 g/mol. The second-order valence-corrected chi connectivity index (χ2v) is 5.84. The van der Waals surface area contributed by atoms with Gasteiger partial charge in [-0.05, 0) is 6.07 Å². The van der Waals surface area contributed by atoms with E-state index in [9.17, 15) is 23.3 Å². The molecular formula is C10H13N3O6S. The molecule has 0 bridgehead atoms. The number of rotatable bonds is 6. The van der Waals surface area contributed by atoms with Crippen LogP contribution >= 0.6 is 0 Å². The van der Waals surface area contributed by atoms with Crippen LogP contribution in [0.2, 0.25) is 0 Å². The highest BCUT2D eigenvalue weighted by atomic mass is 32.2. The number of aliphatic hydroxyl groups is 1. The standard InChI is InChI=1S/C10H13N3O6S/c1-12(5-6-14)20(18,19)8-4-2-3-7(13(16)17)9(8)10(11)15/h2-4,14H,5-6H2,1H3,(H2,11,15). The molecule has 0 heterocycles. The Hall–Kier alpha value is -2.04. The number of sulfonamides is 1. The van der Waals surface area contributed by atoms with Gasteiger partial charge in [-0.3, -0.25) is 14.9 Å². The monoisotopic (exact) mass is 303 g/mol. The van der Waals surface area contributed by atoms with Crippen molar-refractivity contribution in [2.24, 2.45) is 5.73 Å². The fourth-order valence-electron chi connectivity index (χ4n) is 1.56. The first-order chi connectivity index (χ1) is 9.23. The molecule has 0 fully saturated rings. The number of aliphatic hydroxyl groups excluding tert-OH is 1. The zero-order valence-electron chi connectivity index (χ0n) is 10.5. The van der Waals surface area contributed by atoms with Gasteiger partial charge in [0.2, 0.25) is 10.0 Å². The number of nitro groups is 1. The summed E-state index contributed by atoms with van der Waals surface area (Å²) in [5.41, 5.74) is 3.69. The number of hydrogen-bond acceptors (Lipinski definition) is 6. The highest BCUT2D eigenvalue weighted by Gasteiger charge is 2.31. The summed E-state index contributed by atoms with van der Waals surface area (Å²) in [4.78, 5) is 20.8. The van der Waals surface area contributed by atoms with Crippen molar-refractivity contribution >= 4 is 21.6 Å². The normalized spacial score (nSPS) is 11.6. The molecule has 0 aliphatic carbocycles. The van der Waals surface area contributed by atoms with Crippen LogP contribution in [0.25, 0.3) is 0 Å². The number of primary amides is 1. The molecule has 9 nitrogen and oxygen atoms in total. The van der Waals surface area contributed by atoms with Gasteiger partial charge in [-0.15, -0.1) is 0 Å². The number of nitrogens with two attached hydrogens (primary N) is 1. The van der Waals surface area contributed by atoms with Crippen LogP contribution in [0.4, 0.5) is 5.69 Å². The maximum atomic E-state index is 12.2. The van der Waals surface area contributed by atoms with Crippen molar-refractivity contribution in [1.29, 1.82) is 0 Å². The largest absolute Gasteiger partial charge is 0.395 e. The number of carbonyl (C=O) groups excluding carboxylic acids is 1. The molecule has 1 amide bonds. The van der Waals surface area contributed by atoms with E-state index in [1.54, 1.807) is 0 Å². The van der Waals surface area contributed by atoms with Crippen molar-refractivity contribution < 1.29 is 23.2 Å². The molecule has 0 atom stereocenters. The molecule has 0 aliphatic rings. The van der Waals surface area contributed by atoms with E-state index < -0.39 is 43.6 Å². The lowest BCUT2D eigenvalue weighted by molar-refractivity contribution is -0.385. The Morgan fingerprint density at radius 2 is 2.10 bits per heavy atom. The average Bonchev–Trinajstić information content (AvgIpc) is 2.37. The van der Waals surface area contributed by atoms with Crippen LogP contribution in [0.15, 0.2) is 23.1 Å². The third-order valence-corrected chi connectivity index (χ3v) is 4.45. The van der Waals surface area contributed by atoms with Crippen LogP contribution < -0.4 is 5.73 Å². The van der Waals surface area contributed by atoms with Crippen molar-refractivity contribution in [2.75, 3.05) is 20.2 Å². The molecule has 20 heavy (non-hydrogen) atoms. The molecule has 0 saturated heterocycles. The van der Waals surface area contributed by atoms with E-state index in [4.69, 9.17) is 10.8 Å². The summed E-state index contributed by atoms with van der Waals surface area (Å²) in [6.45, 7) is -0.653. The van der Waals surface area contributed by atoms with E-state index in [1.807, 2.05) is 0 Å². The van der Waals surface area contributed by atoms with Gasteiger partial charge in [-0.2, -0.15) is 4.31 Å². The third kappa shape index (κ3) is 2.92. The summed E-state index contributed by atoms with van der Waals surface area (Å²) in [5.74, 6) is -1.21. The van der Waals surface area contributed by atoms with Crippen LogP contribution in [0.1, 0.15) is 10.4 Å². The SMILES string of the molecule is CN(CCO)S(=O)(=O)c1cccc([N+](=O)[O-])c1C(N)=O. The Morgan fingerprint density at radius 1 is 1.50 bits per heavy atom. The van der Waals surface area contributed by atoms with Gasteiger partial charge in [-0.1, -0.05) is 6.07 Å². The highest BCUT2D eigenvalue weighted by Crippen LogP contribution is 2.27. The van der Waals surface area contributed by atoms with Crippen LogP contribution in [-0.4, -0.2) is 48.9 Å². The first kappa shape index (κ1) is 16.0. The molecule has 1 rings (SSSR count). The number of hydrogen-bond donors (Lipinski definition) is 2. The molecule has 0 spiro atoms. The second-order valence-electron chi connectivity index (χ2n) is 3.82. The maximum Gasteiger partial charge on any atom is 0.283 e. The molecule has 0 aliphatic heterocycles. The zero-order chi connectivity index (χ0) is 15.5. The molecule has 0 saturated carbocycles. The Morgan fingerprint density at radius 3 is 2.55 bits per heavy atom. The fourth-order valence-corrected chi connectivity index (χ4v) is 2.93. The van der Waals surface area contributed by atoms with Crippen molar-refractivity contribution in [3.63, 3.8) is 0 Å². The van der Waals surface area contributed by atoms with Gasteiger partial charge in [0.15, 0.2) is 0 Å². The Kier molecular flexibility index (Phi) is 4.76. The molecule has 0 aromatic heterocycles. The molecule has 1 aromatic carbocycles. The van der Waals surface area contributed by atoms with Crippen molar-refractivity contribution in [3.05, 3.63) is 33.9 Å². The molecule has 3 N–H and O–H groups in total. The van der Waals surface area contributed by atoms with Gasteiger partial charge < -0.3 is 10.8 Å². The fraction of sp³-hybridized carbons (Fsp3) is 0.300. The molecule has 1 aromatic rings. The van der Waals surface area contributed by atoms with Gasteiger partial charge in [0.05, 0.1) is 11.5 Å². The topological polar surface area (TPSA) is 144 Å². The molecule has 0 unspecified atom stereocenters. The Balaban J connectivity index is 3.57. The van der Waals surface area contributed by atoms with E-state index in [-0.39, 0.29) is 6.54 Å². The van der Waals surface area contributed by atoms with Crippen LogP contribution in [-0.2, 0) is 10.0 Å². The van der Waals surface area contributed by atoms with E-state index in [0.717, 1.165) is 22.5 Å². The number of likely N-dealkylation sites (N-methyl/N-ethyl adjacent to an activating group) is 1. The molecule has 0 radical (unpaired) electrons. The number of carbonyl (C=O) groups is 1. The molecular weight excluding hydrogens is 290 g/mol.